The van der Waals surface area contributed by atoms with Crippen molar-refractivity contribution in [1.29, 1.82) is 0 Å². The van der Waals surface area contributed by atoms with Crippen molar-refractivity contribution < 1.29 is 13.5 Å². The molecule has 1 fully saturated rings. The number of rotatable bonds is 7. The van der Waals surface area contributed by atoms with Gasteiger partial charge in [0.1, 0.15) is 0 Å². The SMILES string of the molecule is CC(NC1CCCC1)[C@@H](CO)NS(=O)(=O)c1cc(Cl)ccc1S. The zero-order valence-corrected chi connectivity index (χ0v) is 15.5. The number of aliphatic hydroxyl groups is 1. The van der Waals surface area contributed by atoms with Crippen LogP contribution in [0.1, 0.15) is 32.6 Å². The number of nitrogens with one attached hydrogen (secondary N) is 2. The molecule has 2 atom stereocenters. The summed E-state index contributed by atoms with van der Waals surface area (Å²) in [5.74, 6) is 0. The normalized spacial score (nSPS) is 19.0. The van der Waals surface area contributed by atoms with Gasteiger partial charge in [0.05, 0.1) is 17.5 Å². The second kappa shape index (κ2) is 8.18. The zero-order valence-electron chi connectivity index (χ0n) is 13.0. The Hall–Kier alpha value is -0.310. The Morgan fingerprint density at radius 2 is 2.04 bits per heavy atom. The summed E-state index contributed by atoms with van der Waals surface area (Å²) in [6.45, 7) is 1.59. The van der Waals surface area contributed by atoms with Crippen LogP contribution >= 0.6 is 24.2 Å². The maximum absolute atomic E-state index is 12.6. The summed E-state index contributed by atoms with van der Waals surface area (Å²) in [6.07, 6.45) is 4.55. The van der Waals surface area contributed by atoms with Crippen LogP contribution in [0.25, 0.3) is 0 Å². The number of hydrogen-bond donors (Lipinski definition) is 4. The van der Waals surface area contributed by atoms with Crippen molar-refractivity contribution in [2.24, 2.45) is 0 Å². The lowest BCUT2D eigenvalue weighted by molar-refractivity contribution is 0.224. The fourth-order valence-electron chi connectivity index (χ4n) is 2.84. The van der Waals surface area contributed by atoms with Crippen LogP contribution in [0.5, 0.6) is 0 Å². The molecule has 0 amide bonds. The summed E-state index contributed by atoms with van der Waals surface area (Å²) in [7, 11) is -3.81. The number of benzene rings is 1. The van der Waals surface area contributed by atoms with Gasteiger partial charge in [-0.15, -0.1) is 12.6 Å². The molecule has 2 rings (SSSR count). The van der Waals surface area contributed by atoms with Crippen molar-refractivity contribution >= 4 is 34.3 Å². The Morgan fingerprint density at radius 1 is 1.39 bits per heavy atom. The highest BCUT2D eigenvalue weighted by atomic mass is 35.5. The van der Waals surface area contributed by atoms with Gasteiger partial charge >= 0.3 is 0 Å². The summed E-state index contributed by atoms with van der Waals surface area (Å²) >= 11 is 10.1. The van der Waals surface area contributed by atoms with E-state index in [-0.39, 0.29) is 17.5 Å². The highest BCUT2D eigenvalue weighted by Crippen LogP contribution is 2.24. The van der Waals surface area contributed by atoms with Crippen LogP contribution < -0.4 is 10.0 Å². The summed E-state index contributed by atoms with van der Waals surface area (Å²) < 4.78 is 27.7. The molecule has 1 aromatic carbocycles. The molecule has 1 unspecified atom stereocenters. The molecule has 0 aliphatic heterocycles. The molecule has 0 saturated heterocycles. The lowest BCUT2D eigenvalue weighted by Crippen LogP contribution is -2.52. The largest absolute Gasteiger partial charge is 0.395 e. The van der Waals surface area contributed by atoms with E-state index in [0.29, 0.717) is 16.0 Å². The Balaban J connectivity index is 2.11. The van der Waals surface area contributed by atoms with Crippen LogP contribution in [0.3, 0.4) is 0 Å². The highest BCUT2D eigenvalue weighted by molar-refractivity contribution is 7.90. The number of halogens is 1. The molecule has 1 aliphatic carbocycles. The van der Waals surface area contributed by atoms with Gasteiger partial charge in [-0.2, -0.15) is 0 Å². The maximum atomic E-state index is 12.6. The Bertz CT molecular complexity index is 634. The van der Waals surface area contributed by atoms with Crippen molar-refractivity contribution in [3.05, 3.63) is 23.2 Å². The number of aliphatic hydroxyl groups excluding tert-OH is 1. The van der Waals surface area contributed by atoms with Gasteiger partial charge < -0.3 is 10.4 Å². The van der Waals surface area contributed by atoms with E-state index < -0.39 is 16.1 Å². The van der Waals surface area contributed by atoms with Crippen molar-refractivity contribution in [2.75, 3.05) is 6.61 Å². The molecule has 1 aromatic rings. The number of hydrogen-bond acceptors (Lipinski definition) is 5. The van der Waals surface area contributed by atoms with Crippen LogP contribution in [0.15, 0.2) is 28.0 Å². The standard InChI is InChI=1S/C15H23ClN2O3S2/c1-10(17-12-4-2-3-5-12)13(9-19)18-23(20,21)15-8-11(16)6-7-14(15)22/h6-8,10,12-13,17-19,22H,2-5,9H2,1H3/t10?,13-/m1/s1. The Morgan fingerprint density at radius 3 is 2.65 bits per heavy atom. The second-order valence-electron chi connectivity index (χ2n) is 5.96. The molecule has 130 valence electrons. The highest BCUT2D eigenvalue weighted by Gasteiger charge is 2.27. The first-order valence-corrected chi connectivity index (χ1v) is 10.0. The van der Waals surface area contributed by atoms with E-state index in [4.69, 9.17) is 11.6 Å². The predicted octanol–water partition coefficient (Wildman–Crippen LogP) is 2.19. The fourth-order valence-corrected chi connectivity index (χ4v) is 5.01. The third kappa shape index (κ3) is 5.08. The van der Waals surface area contributed by atoms with Gasteiger partial charge in [0.15, 0.2) is 0 Å². The lowest BCUT2D eigenvalue weighted by atomic mass is 10.1. The molecule has 0 bridgehead atoms. The third-order valence-corrected chi connectivity index (χ3v) is 6.48. The van der Waals surface area contributed by atoms with E-state index >= 15 is 0 Å². The van der Waals surface area contributed by atoms with Crippen LogP contribution in [-0.4, -0.2) is 38.3 Å². The van der Waals surface area contributed by atoms with E-state index in [1.54, 1.807) is 6.07 Å². The minimum atomic E-state index is -3.81. The Labute approximate surface area is 148 Å². The zero-order chi connectivity index (χ0) is 17.0. The maximum Gasteiger partial charge on any atom is 0.242 e. The van der Waals surface area contributed by atoms with Crippen LogP contribution in [0.4, 0.5) is 0 Å². The quantitative estimate of drug-likeness (QED) is 0.548. The molecule has 23 heavy (non-hydrogen) atoms. The molecule has 1 aliphatic rings. The first-order valence-electron chi connectivity index (χ1n) is 7.71. The predicted molar refractivity (Wildman–Crippen MR) is 94.8 cm³/mol. The molecule has 3 N–H and O–H groups in total. The minimum absolute atomic E-state index is 0.0137. The van der Waals surface area contributed by atoms with Gasteiger partial charge in [-0.3, -0.25) is 0 Å². The molecule has 1 saturated carbocycles. The van der Waals surface area contributed by atoms with Crippen molar-refractivity contribution in [3.8, 4) is 0 Å². The fraction of sp³-hybridized carbons (Fsp3) is 0.600. The van der Waals surface area contributed by atoms with E-state index in [1.807, 2.05) is 6.92 Å². The van der Waals surface area contributed by atoms with Crippen molar-refractivity contribution in [2.45, 2.75) is 60.5 Å². The van der Waals surface area contributed by atoms with Gasteiger partial charge in [0, 0.05) is 22.0 Å². The van der Waals surface area contributed by atoms with Crippen LogP contribution in [0, 0.1) is 0 Å². The van der Waals surface area contributed by atoms with Gasteiger partial charge in [0.2, 0.25) is 10.0 Å². The summed E-state index contributed by atoms with van der Waals surface area (Å²) in [4.78, 5) is 0.329. The smallest absolute Gasteiger partial charge is 0.242 e. The van der Waals surface area contributed by atoms with Gasteiger partial charge in [0.25, 0.3) is 0 Å². The average molecular weight is 379 g/mol. The van der Waals surface area contributed by atoms with Crippen molar-refractivity contribution in [1.82, 2.24) is 10.0 Å². The van der Waals surface area contributed by atoms with Gasteiger partial charge in [-0.1, -0.05) is 24.4 Å². The molecular formula is C15H23ClN2O3S2. The second-order valence-corrected chi connectivity index (χ2v) is 8.56. The van der Waals surface area contributed by atoms with E-state index in [9.17, 15) is 13.5 Å². The van der Waals surface area contributed by atoms with Crippen LogP contribution in [-0.2, 0) is 10.0 Å². The molecule has 0 spiro atoms. The summed E-state index contributed by atoms with van der Waals surface area (Å²) in [6, 6.07) is 4.06. The molecular weight excluding hydrogens is 356 g/mol. The summed E-state index contributed by atoms with van der Waals surface area (Å²) in [5, 5.41) is 13.3. The van der Waals surface area contributed by atoms with Crippen LogP contribution in [0.2, 0.25) is 5.02 Å². The molecule has 8 heteroatoms. The van der Waals surface area contributed by atoms with E-state index in [0.717, 1.165) is 12.8 Å². The summed E-state index contributed by atoms with van der Waals surface area (Å²) in [5.41, 5.74) is 0. The van der Waals surface area contributed by atoms with Gasteiger partial charge in [-0.05, 0) is 38.0 Å². The first-order chi connectivity index (χ1) is 10.8. The lowest BCUT2D eigenvalue weighted by Gasteiger charge is -2.27. The van der Waals surface area contributed by atoms with Crippen molar-refractivity contribution in [3.63, 3.8) is 0 Å². The molecule has 0 aromatic heterocycles. The molecule has 0 radical (unpaired) electrons. The first kappa shape index (κ1) is 19.0. The molecule has 0 heterocycles. The molecule has 5 nitrogen and oxygen atoms in total. The number of sulfonamides is 1. The monoisotopic (exact) mass is 378 g/mol. The average Bonchev–Trinajstić information content (AvgIpc) is 3.00. The van der Waals surface area contributed by atoms with Gasteiger partial charge in [-0.25, -0.2) is 13.1 Å². The number of thiol groups is 1. The van der Waals surface area contributed by atoms with E-state index in [1.165, 1.54) is 25.0 Å². The third-order valence-electron chi connectivity index (χ3n) is 4.17. The van der Waals surface area contributed by atoms with E-state index in [2.05, 4.69) is 22.7 Å². The topological polar surface area (TPSA) is 78.4 Å². The minimum Gasteiger partial charge on any atom is -0.395 e. The Kier molecular flexibility index (Phi) is 6.77.